The molecule has 3 nitrogen and oxygen atoms in total. The van der Waals surface area contributed by atoms with Crippen molar-refractivity contribution in [1.29, 1.82) is 5.26 Å². The molecule has 0 aliphatic carbocycles. The minimum absolute atomic E-state index is 0.0778. The lowest BCUT2D eigenvalue weighted by Crippen LogP contribution is -2.43. The molecule has 1 aromatic rings. The molecule has 0 unspecified atom stereocenters. The Morgan fingerprint density at radius 2 is 1.89 bits per heavy atom. The summed E-state index contributed by atoms with van der Waals surface area (Å²) in [6, 6.07) is 8.76. The van der Waals surface area contributed by atoms with Crippen LogP contribution in [-0.2, 0) is 0 Å². The van der Waals surface area contributed by atoms with Gasteiger partial charge in [-0.15, -0.1) is 0 Å². The Hall–Kier alpha value is -1.82. The Labute approximate surface area is 115 Å². The average molecular weight is 258 g/mol. The average Bonchev–Trinajstić information content (AvgIpc) is 2.38. The molecule has 1 rings (SSSR count). The number of nitrogens with zero attached hydrogens (tertiary/aromatic N) is 1. The number of nitriles is 1. The maximum atomic E-state index is 12.1. The summed E-state index contributed by atoms with van der Waals surface area (Å²) >= 11 is 0. The Bertz CT molecular complexity index is 455. The number of carbonyl (C=O) groups is 1. The molecular formula is C16H22N2O. The molecule has 0 heterocycles. The van der Waals surface area contributed by atoms with Crippen LogP contribution in [0.5, 0.6) is 0 Å². The van der Waals surface area contributed by atoms with Gasteiger partial charge in [0, 0.05) is 11.1 Å². The van der Waals surface area contributed by atoms with Gasteiger partial charge in [-0.25, -0.2) is 0 Å². The number of benzene rings is 1. The summed E-state index contributed by atoms with van der Waals surface area (Å²) in [6.45, 7) is 6.26. The van der Waals surface area contributed by atoms with E-state index in [2.05, 4.69) is 12.2 Å². The van der Waals surface area contributed by atoms with Gasteiger partial charge in [0.05, 0.1) is 11.6 Å². The molecule has 3 heteroatoms. The highest BCUT2D eigenvalue weighted by molar-refractivity contribution is 5.94. The molecule has 1 aromatic carbocycles. The van der Waals surface area contributed by atoms with E-state index in [1.165, 1.54) is 12.8 Å². The largest absolute Gasteiger partial charge is 0.347 e. The lowest BCUT2D eigenvalue weighted by molar-refractivity contribution is 0.0908. The van der Waals surface area contributed by atoms with Gasteiger partial charge in [-0.2, -0.15) is 5.26 Å². The zero-order chi connectivity index (χ0) is 14.3. The molecule has 1 amide bonds. The first kappa shape index (κ1) is 15.2. The predicted molar refractivity (Wildman–Crippen MR) is 76.8 cm³/mol. The van der Waals surface area contributed by atoms with Crippen molar-refractivity contribution >= 4 is 5.91 Å². The smallest absolute Gasteiger partial charge is 0.251 e. The number of nitrogens with one attached hydrogen (secondary N) is 1. The van der Waals surface area contributed by atoms with Crippen molar-refractivity contribution in [2.24, 2.45) is 0 Å². The molecule has 0 aromatic heterocycles. The second-order valence-electron chi connectivity index (χ2n) is 5.48. The first-order valence-electron chi connectivity index (χ1n) is 6.81. The summed E-state index contributed by atoms with van der Waals surface area (Å²) in [5, 5.41) is 11.8. The lowest BCUT2D eigenvalue weighted by atomic mass is 9.96. The van der Waals surface area contributed by atoms with Crippen molar-refractivity contribution in [3.63, 3.8) is 0 Å². The molecule has 0 atom stereocenters. The van der Waals surface area contributed by atoms with Crippen molar-refractivity contribution in [3.8, 4) is 6.07 Å². The molecule has 0 aliphatic heterocycles. The fourth-order valence-electron chi connectivity index (χ4n) is 1.96. The highest BCUT2D eigenvalue weighted by Crippen LogP contribution is 2.15. The maximum absolute atomic E-state index is 12.1. The van der Waals surface area contributed by atoms with Crippen molar-refractivity contribution in [2.45, 2.75) is 52.0 Å². The molecule has 0 aliphatic rings. The van der Waals surface area contributed by atoms with Gasteiger partial charge in [0.1, 0.15) is 0 Å². The zero-order valence-corrected chi connectivity index (χ0v) is 12.0. The number of rotatable bonds is 6. The Morgan fingerprint density at radius 1 is 1.26 bits per heavy atom. The van der Waals surface area contributed by atoms with Gasteiger partial charge in [0.2, 0.25) is 0 Å². The Balaban J connectivity index is 2.60. The first-order valence-corrected chi connectivity index (χ1v) is 6.81. The van der Waals surface area contributed by atoms with Crippen molar-refractivity contribution in [1.82, 2.24) is 5.32 Å². The van der Waals surface area contributed by atoms with Crippen LogP contribution in [0.25, 0.3) is 0 Å². The number of hydrogen-bond donors (Lipinski definition) is 1. The summed E-state index contributed by atoms with van der Waals surface area (Å²) in [7, 11) is 0. The van der Waals surface area contributed by atoms with Crippen molar-refractivity contribution in [3.05, 3.63) is 35.4 Å². The molecule has 1 N–H and O–H groups in total. The summed E-state index contributed by atoms with van der Waals surface area (Å²) in [5.74, 6) is -0.0778. The predicted octanol–water partition coefficient (Wildman–Crippen LogP) is 3.65. The van der Waals surface area contributed by atoms with Crippen molar-refractivity contribution < 1.29 is 4.79 Å². The normalized spacial score (nSPS) is 10.8. The SMILES string of the molecule is CCCCCC(C)(C)NC(=O)c1ccc(C#N)cc1. The van der Waals surface area contributed by atoms with Crippen LogP contribution in [-0.4, -0.2) is 11.4 Å². The van der Waals surface area contributed by atoms with E-state index < -0.39 is 0 Å². The van der Waals surface area contributed by atoms with Gasteiger partial charge in [-0.05, 0) is 44.5 Å². The Morgan fingerprint density at radius 3 is 2.42 bits per heavy atom. The minimum Gasteiger partial charge on any atom is -0.347 e. The third-order valence-corrected chi connectivity index (χ3v) is 3.13. The highest BCUT2D eigenvalue weighted by Gasteiger charge is 2.20. The quantitative estimate of drug-likeness (QED) is 0.792. The van der Waals surface area contributed by atoms with Crippen LogP contribution >= 0.6 is 0 Å². The highest BCUT2D eigenvalue weighted by atomic mass is 16.1. The third kappa shape index (κ3) is 5.13. The van der Waals surface area contributed by atoms with E-state index in [0.717, 1.165) is 12.8 Å². The van der Waals surface area contributed by atoms with Gasteiger partial charge in [0.15, 0.2) is 0 Å². The summed E-state index contributed by atoms with van der Waals surface area (Å²) < 4.78 is 0. The van der Waals surface area contributed by atoms with Crippen LogP contribution < -0.4 is 5.32 Å². The van der Waals surface area contributed by atoms with Crippen LogP contribution in [0.1, 0.15) is 62.4 Å². The number of unbranched alkanes of at least 4 members (excludes halogenated alkanes) is 2. The molecule has 0 bridgehead atoms. The fourth-order valence-corrected chi connectivity index (χ4v) is 1.96. The first-order chi connectivity index (χ1) is 8.98. The minimum atomic E-state index is -0.194. The summed E-state index contributed by atoms with van der Waals surface area (Å²) in [5.41, 5.74) is 0.974. The van der Waals surface area contributed by atoms with Gasteiger partial charge in [-0.3, -0.25) is 4.79 Å². The van der Waals surface area contributed by atoms with Gasteiger partial charge >= 0.3 is 0 Å². The van der Waals surface area contributed by atoms with Gasteiger partial charge < -0.3 is 5.32 Å². The number of hydrogen-bond acceptors (Lipinski definition) is 2. The third-order valence-electron chi connectivity index (χ3n) is 3.13. The van der Waals surface area contributed by atoms with Crippen LogP contribution in [0, 0.1) is 11.3 Å². The van der Waals surface area contributed by atoms with Crippen LogP contribution in [0.2, 0.25) is 0 Å². The van der Waals surface area contributed by atoms with E-state index in [-0.39, 0.29) is 11.4 Å². The molecule has 0 spiro atoms. The number of amides is 1. The summed E-state index contributed by atoms with van der Waals surface area (Å²) in [6.07, 6.45) is 4.47. The molecular weight excluding hydrogens is 236 g/mol. The Kier molecular flexibility index (Phi) is 5.57. The fraction of sp³-hybridized carbons (Fsp3) is 0.500. The topological polar surface area (TPSA) is 52.9 Å². The standard InChI is InChI=1S/C16H22N2O/c1-4-5-6-11-16(2,3)18-15(19)14-9-7-13(12-17)8-10-14/h7-10H,4-6,11H2,1-3H3,(H,18,19). The van der Waals surface area contributed by atoms with Crippen LogP contribution in [0.3, 0.4) is 0 Å². The molecule has 19 heavy (non-hydrogen) atoms. The molecule has 0 saturated carbocycles. The van der Waals surface area contributed by atoms with Gasteiger partial charge in [-0.1, -0.05) is 26.2 Å². The molecule has 0 fully saturated rings. The number of carbonyl (C=O) groups excluding carboxylic acids is 1. The maximum Gasteiger partial charge on any atom is 0.251 e. The molecule has 102 valence electrons. The lowest BCUT2D eigenvalue weighted by Gasteiger charge is -2.26. The van der Waals surface area contributed by atoms with E-state index in [1.54, 1.807) is 24.3 Å². The van der Waals surface area contributed by atoms with Crippen LogP contribution in [0.15, 0.2) is 24.3 Å². The second kappa shape index (κ2) is 6.94. The van der Waals surface area contributed by atoms with Crippen LogP contribution in [0.4, 0.5) is 0 Å². The molecule has 0 radical (unpaired) electrons. The van der Waals surface area contributed by atoms with E-state index in [1.807, 2.05) is 19.9 Å². The van der Waals surface area contributed by atoms with Gasteiger partial charge in [0.25, 0.3) is 5.91 Å². The van der Waals surface area contributed by atoms with E-state index >= 15 is 0 Å². The summed E-state index contributed by atoms with van der Waals surface area (Å²) in [4.78, 5) is 12.1. The van der Waals surface area contributed by atoms with Crippen molar-refractivity contribution in [2.75, 3.05) is 0 Å². The van der Waals surface area contributed by atoms with E-state index in [9.17, 15) is 4.79 Å². The molecule has 0 saturated heterocycles. The second-order valence-corrected chi connectivity index (χ2v) is 5.48. The van der Waals surface area contributed by atoms with E-state index in [4.69, 9.17) is 5.26 Å². The van der Waals surface area contributed by atoms with E-state index in [0.29, 0.717) is 11.1 Å². The monoisotopic (exact) mass is 258 g/mol. The zero-order valence-electron chi connectivity index (χ0n) is 12.0.